The second-order valence-corrected chi connectivity index (χ2v) is 4.36. The average Bonchev–Trinajstić information content (AvgIpc) is 2.71. The molecule has 1 aliphatic rings. The maximum absolute atomic E-state index is 4.24. The van der Waals surface area contributed by atoms with Crippen LogP contribution in [0.3, 0.4) is 0 Å². The molecule has 0 radical (unpaired) electrons. The van der Waals surface area contributed by atoms with Gasteiger partial charge in [-0.1, -0.05) is 5.21 Å². The zero-order chi connectivity index (χ0) is 10.1. The minimum Gasteiger partial charge on any atom is -0.298 e. The molecule has 14 heavy (non-hydrogen) atoms. The van der Waals surface area contributed by atoms with Crippen LogP contribution in [0.15, 0.2) is 6.20 Å². The lowest BCUT2D eigenvalue weighted by Gasteiger charge is -2.15. The second kappa shape index (κ2) is 3.69. The lowest BCUT2D eigenvalue weighted by atomic mass is 10.2. The number of nitrogens with zero attached hydrogens (tertiary/aromatic N) is 4. The summed E-state index contributed by atoms with van der Waals surface area (Å²) in [6, 6.07) is 0.894. The Hall–Kier alpha value is -0.900. The van der Waals surface area contributed by atoms with E-state index in [1.165, 1.54) is 19.4 Å². The van der Waals surface area contributed by atoms with Crippen molar-refractivity contribution < 1.29 is 0 Å². The Labute approximate surface area is 84.9 Å². The van der Waals surface area contributed by atoms with Gasteiger partial charge in [0, 0.05) is 6.04 Å². The third-order valence-corrected chi connectivity index (χ3v) is 2.92. The van der Waals surface area contributed by atoms with Crippen molar-refractivity contribution in [2.24, 2.45) is 0 Å². The zero-order valence-corrected chi connectivity index (χ0v) is 9.14. The van der Waals surface area contributed by atoms with E-state index in [0.717, 1.165) is 5.69 Å². The lowest BCUT2D eigenvalue weighted by molar-refractivity contribution is 0.311. The molecule has 2 heterocycles. The molecule has 78 valence electrons. The molecular formula is C10H18N4. The molecule has 4 heteroatoms. The van der Waals surface area contributed by atoms with E-state index in [1.54, 1.807) is 0 Å². The topological polar surface area (TPSA) is 34.0 Å². The fourth-order valence-corrected chi connectivity index (χ4v) is 1.98. The van der Waals surface area contributed by atoms with Crippen LogP contribution in [0, 0.1) is 0 Å². The van der Waals surface area contributed by atoms with Gasteiger partial charge in [0.1, 0.15) is 0 Å². The Balaban J connectivity index is 2.16. The van der Waals surface area contributed by atoms with Crippen LogP contribution in [0.2, 0.25) is 0 Å². The molecule has 0 amide bonds. The Morgan fingerprint density at radius 3 is 2.79 bits per heavy atom. The summed E-state index contributed by atoms with van der Waals surface area (Å²) in [6.07, 6.45) is 4.57. The molecule has 1 aliphatic heterocycles. The van der Waals surface area contributed by atoms with E-state index in [2.05, 4.69) is 42.3 Å². The summed E-state index contributed by atoms with van der Waals surface area (Å²) in [5, 5.41) is 8.38. The van der Waals surface area contributed by atoms with Crippen LogP contribution < -0.4 is 0 Å². The van der Waals surface area contributed by atoms with Gasteiger partial charge in [-0.3, -0.25) is 4.90 Å². The number of hydrogen-bond acceptors (Lipinski definition) is 3. The summed E-state index contributed by atoms with van der Waals surface area (Å²) in [5.41, 5.74) is 1.12. The van der Waals surface area contributed by atoms with Gasteiger partial charge in [-0.05, 0) is 40.3 Å². The SMILES string of the molecule is CC(C)n1cc([C@@H]2CCCN2C)nn1. The second-order valence-electron chi connectivity index (χ2n) is 4.36. The first-order valence-corrected chi connectivity index (χ1v) is 5.30. The molecule has 1 atom stereocenters. The van der Waals surface area contributed by atoms with Crippen molar-refractivity contribution in [1.82, 2.24) is 19.9 Å². The van der Waals surface area contributed by atoms with Crippen molar-refractivity contribution in [3.05, 3.63) is 11.9 Å². The summed E-state index contributed by atoms with van der Waals surface area (Å²) in [5.74, 6) is 0. The molecule has 2 rings (SSSR count). The van der Waals surface area contributed by atoms with Gasteiger partial charge < -0.3 is 0 Å². The highest BCUT2D eigenvalue weighted by Gasteiger charge is 2.25. The lowest BCUT2D eigenvalue weighted by Crippen LogP contribution is -2.17. The van der Waals surface area contributed by atoms with Gasteiger partial charge in [0.2, 0.25) is 0 Å². The molecule has 1 aromatic rings. The summed E-state index contributed by atoms with van der Waals surface area (Å²) in [6.45, 7) is 5.42. The standard InChI is InChI=1S/C10H18N4/c1-8(2)14-7-9(11-12-14)10-5-4-6-13(10)3/h7-8,10H,4-6H2,1-3H3/t10-/m0/s1. The first-order chi connectivity index (χ1) is 6.68. The third-order valence-electron chi connectivity index (χ3n) is 2.92. The van der Waals surface area contributed by atoms with Crippen molar-refractivity contribution in [2.75, 3.05) is 13.6 Å². The van der Waals surface area contributed by atoms with E-state index in [1.807, 2.05) is 4.68 Å². The zero-order valence-electron chi connectivity index (χ0n) is 9.14. The molecule has 0 aliphatic carbocycles. The van der Waals surface area contributed by atoms with E-state index in [-0.39, 0.29) is 0 Å². The molecule has 4 nitrogen and oxygen atoms in total. The highest BCUT2D eigenvalue weighted by atomic mass is 15.4. The first-order valence-electron chi connectivity index (χ1n) is 5.30. The van der Waals surface area contributed by atoms with Crippen LogP contribution in [-0.2, 0) is 0 Å². The van der Waals surface area contributed by atoms with Crippen molar-refractivity contribution in [2.45, 2.75) is 38.8 Å². The van der Waals surface area contributed by atoms with Crippen molar-refractivity contribution >= 4 is 0 Å². The Morgan fingerprint density at radius 1 is 1.50 bits per heavy atom. The number of likely N-dealkylation sites (tertiary alicyclic amines) is 1. The molecule has 0 bridgehead atoms. The molecule has 0 N–H and O–H groups in total. The quantitative estimate of drug-likeness (QED) is 0.717. The van der Waals surface area contributed by atoms with E-state index < -0.39 is 0 Å². The minimum atomic E-state index is 0.406. The largest absolute Gasteiger partial charge is 0.298 e. The van der Waals surface area contributed by atoms with Crippen molar-refractivity contribution in [1.29, 1.82) is 0 Å². The van der Waals surface area contributed by atoms with Crippen LogP contribution in [0.5, 0.6) is 0 Å². The van der Waals surface area contributed by atoms with Gasteiger partial charge in [0.25, 0.3) is 0 Å². The first kappa shape index (κ1) is 9.65. The number of aromatic nitrogens is 3. The predicted octanol–water partition coefficient (Wildman–Crippen LogP) is 1.63. The van der Waals surface area contributed by atoms with E-state index in [0.29, 0.717) is 12.1 Å². The van der Waals surface area contributed by atoms with Crippen LogP contribution >= 0.6 is 0 Å². The van der Waals surface area contributed by atoms with Crippen LogP contribution in [0.25, 0.3) is 0 Å². The summed E-state index contributed by atoms with van der Waals surface area (Å²) in [4.78, 5) is 2.36. The molecule has 1 saturated heterocycles. The molecule has 1 aromatic heterocycles. The fraction of sp³-hybridized carbons (Fsp3) is 0.800. The fourth-order valence-electron chi connectivity index (χ4n) is 1.98. The van der Waals surface area contributed by atoms with Gasteiger partial charge in [-0.2, -0.15) is 0 Å². The van der Waals surface area contributed by atoms with Crippen LogP contribution in [-0.4, -0.2) is 33.5 Å². The normalized spacial score (nSPS) is 23.6. The highest BCUT2D eigenvalue weighted by molar-refractivity contribution is 5.03. The number of hydrogen-bond donors (Lipinski definition) is 0. The van der Waals surface area contributed by atoms with Crippen LogP contribution in [0.1, 0.15) is 44.5 Å². The van der Waals surface area contributed by atoms with Crippen molar-refractivity contribution in [3.63, 3.8) is 0 Å². The number of rotatable bonds is 2. The smallest absolute Gasteiger partial charge is 0.0998 e. The van der Waals surface area contributed by atoms with Gasteiger partial charge >= 0.3 is 0 Å². The molecule has 1 fully saturated rings. The van der Waals surface area contributed by atoms with E-state index >= 15 is 0 Å². The van der Waals surface area contributed by atoms with Gasteiger partial charge in [0.15, 0.2) is 0 Å². The Bertz CT molecular complexity index is 305. The maximum atomic E-state index is 4.24. The predicted molar refractivity (Wildman–Crippen MR) is 55.0 cm³/mol. The summed E-state index contributed by atoms with van der Waals surface area (Å²) >= 11 is 0. The van der Waals surface area contributed by atoms with E-state index in [9.17, 15) is 0 Å². The van der Waals surface area contributed by atoms with Crippen LogP contribution in [0.4, 0.5) is 0 Å². The van der Waals surface area contributed by atoms with Gasteiger partial charge in [-0.15, -0.1) is 5.10 Å². The van der Waals surface area contributed by atoms with Crippen molar-refractivity contribution in [3.8, 4) is 0 Å². The Kier molecular flexibility index (Phi) is 2.54. The average molecular weight is 194 g/mol. The summed E-state index contributed by atoms with van der Waals surface area (Å²) < 4.78 is 1.93. The third kappa shape index (κ3) is 1.66. The summed E-state index contributed by atoms with van der Waals surface area (Å²) in [7, 11) is 2.16. The van der Waals surface area contributed by atoms with Gasteiger partial charge in [-0.25, -0.2) is 4.68 Å². The molecular weight excluding hydrogens is 176 g/mol. The maximum Gasteiger partial charge on any atom is 0.0998 e. The molecule has 0 saturated carbocycles. The Morgan fingerprint density at radius 2 is 2.29 bits per heavy atom. The monoisotopic (exact) mass is 194 g/mol. The van der Waals surface area contributed by atoms with Gasteiger partial charge in [0.05, 0.1) is 17.9 Å². The molecule has 0 unspecified atom stereocenters. The minimum absolute atomic E-state index is 0.406. The molecule has 0 aromatic carbocycles. The highest BCUT2D eigenvalue weighted by Crippen LogP contribution is 2.28. The molecule has 0 spiro atoms. The van der Waals surface area contributed by atoms with E-state index in [4.69, 9.17) is 0 Å².